The van der Waals surface area contributed by atoms with E-state index in [0.717, 1.165) is 0 Å². The predicted molar refractivity (Wildman–Crippen MR) is 83.0 cm³/mol. The molecule has 3 atom stereocenters. The first-order valence-electron chi connectivity index (χ1n) is 6.78. The maximum absolute atomic E-state index is 10.2. The average Bonchev–Trinajstić information content (AvgIpc) is 3.00. The molecule has 0 saturated carbocycles. The molecule has 9 heteroatoms. The number of aliphatic imine (C=N–C) groups is 1. The molecule has 0 amide bonds. The Balaban J connectivity index is 2.10. The molecule has 2 unspecified atom stereocenters. The Hall–Kier alpha value is -2.67. The summed E-state index contributed by atoms with van der Waals surface area (Å²) in [5, 5.41) is 32.7. The van der Waals surface area contributed by atoms with Gasteiger partial charge >= 0.3 is 0 Å². The molecule has 0 radical (unpaired) electrons. The zero-order chi connectivity index (χ0) is 17.0. The number of anilines is 1. The van der Waals surface area contributed by atoms with Crippen LogP contribution in [0.2, 0.25) is 0 Å². The maximum Gasteiger partial charge on any atom is 0.243 e. The van der Waals surface area contributed by atoms with Crippen LogP contribution in [0, 0.1) is 12.3 Å². The Morgan fingerprint density at radius 1 is 1.61 bits per heavy atom. The van der Waals surface area contributed by atoms with Crippen molar-refractivity contribution in [2.24, 2.45) is 16.5 Å². The maximum atomic E-state index is 10.2. The highest BCUT2D eigenvalue weighted by Gasteiger charge is 2.50. The molecular weight excluding hydrogens is 302 g/mol. The topological polar surface area (TPSA) is 151 Å². The summed E-state index contributed by atoms with van der Waals surface area (Å²) >= 11 is 0. The number of rotatable bonds is 2. The zero-order valence-corrected chi connectivity index (χ0v) is 12.3. The number of aliphatic hydroxyl groups is 3. The third kappa shape index (κ3) is 2.04. The summed E-state index contributed by atoms with van der Waals surface area (Å²) in [5.41, 5.74) is 10.6. The molecule has 0 saturated heterocycles. The van der Waals surface area contributed by atoms with Crippen LogP contribution in [0.5, 0.6) is 0 Å². The van der Waals surface area contributed by atoms with E-state index in [-0.39, 0.29) is 11.7 Å². The lowest BCUT2D eigenvalue weighted by atomic mass is 9.99. The van der Waals surface area contributed by atoms with Crippen LogP contribution < -0.4 is 16.8 Å². The van der Waals surface area contributed by atoms with Gasteiger partial charge in [-0.15, -0.1) is 6.42 Å². The highest BCUT2D eigenvalue weighted by molar-refractivity contribution is 6.04. The number of fused-ring (bicyclic) bond motifs is 1. The van der Waals surface area contributed by atoms with Crippen LogP contribution in [-0.4, -0.2) is 49.8 Å². The lowest BCUT2D eigenvalue weighted by molar-refractivity contribution is -0.0355. The van der Waals surface area contributed by atoms with E-state index >= 15 is 0 Å². The van der Waals surface area contributed by atoms with Crippen LogP contribution in [0.25, 0.3) is 5.88 Å². The van der Waals surface area contributed by atoms with E-state index in [0.29, 0.717) is 11.4 Å². The van der Waals surface area contributed by atoms with Gasteiger partial charge in [-0.3, -0.25) is 10.3 Å². The van der Waals surface area contributed by atoms with Gasteiger partial charge in [0, 0.05) is 6.20 Å². The molecule has 0 spiro atoms. The molecule has 2 aliphatic heterocycles. The van der Waals surface area contributed by atoms with E-state index in [2.05, 4.69) is 16.2 Å². The lowest BCUT2D eigenvalue weighted by Crippen LogP contribution is -2.48. The Bertz CT molecular complexity index is 773. The van der Waals surface area contributed by atoms with Crippen molar-refractivity contribution in [1.82, 2.24) is 4.57 Å². The first kappa shape index (κ1) is 15.2. The highest BCUT2D eigenvalue weighted by Crippen LogP contribution is 2.38. The number of hydrogen-bond acceptors (Lipinski definition) is 8. The number of aliphatic hydroxyl groups excluding tert-OH is 3. The standard InChI is InChI=1S/C14H17N5O4/c1-3-14(6-20)9(22)8(21)12(23-14)19-5-4-7-10(15)17-13(2,16)18-11(7)19/h1,4-5,9,18,20-22H,6,16H2,2H3,(H2,15,17)/t9?,13?,14-/m1/s1. The smallest absolute Gasteiger partial charge is 0.243 e. The predicted octanol–water partition coefficient (Wildman–Crippen LogP) is -1.31. The van der Waals surface area contributed by atoms with E-state index in [1.54, 1.807) is 19.2 Å². The second kappa shape index (κ2) is 4.66. The SMILES string of the molecule is C#C[C@]1(CO)OC(n2ccc3c2NC(C)(N)N=C3N)=C(O)C1O. The fourth-order valence-electron chi connectivity index (χ4n) is 2.58. The molecule has 8 N–H and O–H groups in total. The third-order valence-corrected chi connectivity index (χ3v) is 3.78. The molecule has 0 aliphatic carbocycles. The summed E-state index contributed by atoms with van der Waals surface area (Å²) in [6.07, 6.45) is 5.31. The Kier molecular flexibility index (Phi) is 3.09. The van der Waals surface area contributed by atoms with Gasteiger partial charge in [-0.2, -0.15) is 0 Å². The van der Waals surface area contributed by atoms with Gasteiger partial charge in [-0.05, 0) is 13.0 Å². The van der Waals surface area contributed by atoms with E-state index in [1.807, 2.05) is 0 Å². The molecule has 2 aliphatic rings. The Morgan fingerprint density at radius 3 is 2.87 bits per heavy atom. The van der Waals surface area contributed by atoms with Crippen LogP contribution in [0.3, 0.4) is 0 Å². The van der Waals surface area contributed by atoms with Gasteiger partial charge in [0.05, 0.1) is 12.2 Å². The van der Waals surface area contributed by atoms with Crippen molar-refractivity contribution in [3.63, 3.8) is 0 Å². The van der Waals surface area contributed by atoms with Crippen molar-refractivity contribution in [2.75, 3.05) is 11.9 Å². The van der Waals surface area contributed by atoms with Crippen LogP contribution >= 0.6 is 0 Å². The van der Waals surface area contributed by atoms with Crippen molar-refractivity contribution in [3.05, 3.63) is 23.6 Å². The summed E-state index contributed by atoms with van der Waals surface area (Å²) < 4.78 is 6.88. The average molecular weight is 319 g/mol. The Morgan fingerprint density at radius 2 is 2.30 bits per heavy atom. The van der Waals surface area contributed by atoms with Crippen LogP contribution in [0.1, 0.15) is 12.5 Å². The minimum atomic E-state index is -1.75. The number of hydrogen-bond donors (Lipinski definition) is 6. The molecule has 23 heavy (non-hydrogen) atoms. The van der Waals surface area contributed by atoms with Gasteiger partial charge in [0.1, 0.15) is 11.7 Å². The molecule has 122 valence electrons. The molecule has 0 aromatic carbocycles. The fourth-order valence-corrected chi connectivity index (χ4v) is 2.58. The van der Waals surface area contributed by atoms with Gasteiger partial charge in [0.25, 0.3) is 0 Å². The molecule has 3 rings (SSSR count). The number of terminal acetylenes is 1. The van der Waals surface area contributed by atoms with Crippen LogP contribution in [0.4, 0.5) is 5.82 Å². The summed E-state index contributed by atoms with van der Waals surface area (Å²) in [7, 11) is 0. The number of aromatic nitrogens is 1. The summed E-state index contributed by atoms with van der Waals surface area (Å²) in [6, 6.07) is 1.64. The monoisotopic (exact) mass is 319 g/mol. The number of amidine groups is 1. The second-order valence-electron chi connectivity index (χ2n) is 5.60. The largest absolute Gasteiger partial charge is 0.505 e. The summed E-state index contributed by atoms with van der Waals surface area (Å²) in [4.78, 5) is 4.10. The van der Waals surface area contributed by atoms with E-state index in [9.17, 15) is 15.3 Å². The van der Waals surface area contributed by atoms with Gasteiger partial charge in [-0.1, -0.05) is 5.92 Å². The fraction of sp³-hybridized carbons (Fsp3) is 0.357. The molecular formula is C14H17N5O4. The first-order valence-corrected chi connectivity index (χ1v) is 6.78. The van der Waals surface area contributed by atoms with Crippen molar-refractivity contribution in [3.8, 4) is 12.3 Å². The molecule has 0 bridgehead atoms. The summed E-state index contributed by atoms with van der Waals surface area (Å²) in [6.45, 7) is 0.936. The minimum absolute atomic E-state index is 0.122. The van der Waals surface area contributed by atoms with Gasteiger partial charge in [0.2, 0.25) is 11.5 Å². The quantitative estimate of drug-likeness (QED) is 0.370. The van der Waals surface area contributed by atoms with E-state index in [1.165, 1.54) is 4.57 Å². The molecule has 3 heterocycles. The normalized spacial score (nSPS) is 32.7. The van der Waals surface area contributed by atoms with Crippen molar-refractivity contribution < 1.29 is 20.1 Å². The lowest BCUT2D eigenvalue weighted by Gasteiger charge is -2.29. The zero-order valence-electron chi connectivity index (χ0n) is 12.3. The minimum Gasteiger partial charge on any atom is -0.505 e. The van der Waals surface area contributed by atoms with Crippen LogP contribution in [0.15, 0.2) is 23.0 Å². The van der Waals surface area contributed by atoms with E-state index in [4.69, 9.17) is 22.6 Å². The van der Waals surface area contributed by atoms with Crippen molar-refractivity contribution in [2.45, 2.75) is 24.4 Å². The second-order valence-corrected chi connectivity index (χ2v) is 5.60. The summed E-state index contributed by atoms with van der Waals surface area (Å²) in [5.74, 6) is 1.03. The number of nitrogens with two attached hydrogens (primary N) is 2. The highest BCUT2D eigenvalue weighted by atomic mass is 16.6. The van der Waals surface area contributed by atoms with Crippen molar-refractivity contribution >= 4 is 17.5 Å². The van der Waals surface area contributed by atoms with E-state index < -0.39 is 29.9 Å². The molecule has 1 aromatic rings. The van der Waals surface area contributed by atoms with Crippen LogP contribution in [-0.2, 0) is 4.74 Å². The van der Waals surface area contributed by atoms with Gasteiger partial charge in [-0.25, -0.2) is 4.99 Å². The number of nitrogens with one attached hydrogen (secondary N) is 1. The number of nitrogens with zero attached hydrogens (tertiary/aromatic N) is 2. The van der Waals surface area contributed by atoms with Gasteiger partial charge in [0.15, 0.2) is 17.6 Å². The number of ether oxygens (including phenoxy) is 1. The molecule has 0 fully saturated rings. The van der Waals surface area contributed by atoms with Crippen molar-refractivity contribution in [1.29, 1.82) is 0 Å². The first-order chi connectivity index (χ1) is 10.7. The molecule has 9 nitrogen and oxygen atoms in total. The third-order valence-electron chi connectivity index (χ3n) is 3.78. The molecule has 1 aromatic heterocycles. The Labute approximate surface area is 131 Å². The van der Waals surface area contributed by atoms with Gasteiger partial charge < -0.3 is 31.1 Å².